The highest BCUT2D eigenvalue weighted by atomic mass is 19.1. The first-order valence-electron chi connectivity index (χ1n) is 8.07. The standard InChI is InChI=1S/C19H18FNO4/c20-14-7-8-15-16(2-1-9-25-17(15)11-14)21-18(22)10-12-3-5-13(6-4-12)19(23)24/h3-8,11,16H,1-2,9-10H2,(H,21,22)(H,23,24). The maximum Gasteiger partial charge on any atom is 0.335 e. The van der Waals surface area contributed by atoms with Gasteiger partial charge in [-0.25, -0.2) is 9.18 Å². The molecule has 130 valence electrons. The van der Waals surface area contributed by atoms with Crippen LogP contribution in [0.2, 0.25) is 0 Å². The predicted octanol–water partition coefficient (Wildman–Crippen LogP) is 3.10. The van der Waals surface area contributed by atoms with Crippen LogP contribution in [0.3, 0.4) is 0 Å². The summed E-state index contributed by atoms with van der Waals surface area (Å²) in [7, 11) is 0. The Hall–Kier alpha value is -2.89. The van der Waals surface area contributed by atoms with Crippen LogP contribution in [-0.2, 0) is 11.2 Å². The number of carboxylic acids is 1. The molecule has 0 bridgehead atoms. The largest absolute Gasteiger partial charge is 0.493 e. The van der Waals surface area contributed by atoms with E-state index in [0.717, 1.165) is 17.5 Å². The molecule has 0 radical (unpaired) electrons. The van der Waals surface area contributed by atoms with Crippen LogP contribution in [0.15, 0.2) is 42.5 Å². The molecule has 0 fully saturated rings. The summed E-state index contributed by atoms with van der Waals surface area (Å²) >= 11 is 0. The molecule has 1 unspecified atom stereocenters. The van der Waals surface area contributed by atoms with Gasteiger partial charge in [-0.15, -0.1) is 0 Å². The van der Waals surface area contributed by atoms with Crippen LogP contribution >= 0.6 is 0 Å². The molecule has 0 aromatic heterocycles. The number of hydrogen-bond acceptors (Lipinski definition) is 3. The minimum Gasteiger partial charge on any atom is -0.493 e. The fourth-order valence-electron chi connectivity index (χ4n) is 2.89. The molecule has 2 aromatic carbocycles. The number of carboxylic acid groups (broad SMARTS) is 1. The average molecular weight is 343 g/mol. The molecule has 2 aromatic rings. The highest BCUT2D eigenvalue weighted by Gasteiger charge is 2.22. The molecule has 0 saturated heterocycles. The molecule has 25 heavy (non-hydrogen) atoms. The first-order valence-corrected chi connectivity index (χ1v) is 8.07. The van der Waals surface area contributed by atoms with E-state index >= 15 is 0 Å². The molecule has 0 aliphatic carbocycles. The Bertz CT molecular complexity index is 789. The fourth-order valence-corrected chi connectivity index (χ4v) is 2.89. The molecule has 3 rings (SSSR count). The van der Waals surface area contributed by atoms with E-state index in [9.17, 15) is 14.0 Å². The molecule has 1 aliphatic rings. The van der Waals surface area contributed by atoms with Crippen LogP contribution in [0.4, 0.5) is 4.39 Å². The van der Waals surface area contributed by atoms with E-state index in [0.29, 0.717) is 18.8 Å². The second kappa shape index (κ2) is 7.34. The van der Waals surface area contributed by atoms with E-state index in [1.165, 1.54) is 24.3 Å². The Morgan fingerprint density at radius 1 is 1.20 bits per heavy atom. The number of ether oxygens (including phenoxy) is 1. The molecular weight excluding hydrogens is 325 g/mol. The van der Waals surface area contributed by atoms with Crippen LogP contribution in [0, 0.1) is 5.82 Å². The molecular formula is C19H18FNO4. The monoisotopic (exact) mass is 343 g/mol. The number of fused-ring (bicyclic) bond motifs is 1. The van der Waals surface area contributed by atoms with Crippen LogP contribution < -0.4 is 10.1 Å². The Morgan fingerprint density at radius 3 is 2.68 bits per heavy atom. The van der Waals surface area contributed by atoms with Crippen LogP contribution in [-0.4, -0.2) is 23.6 Å². The number of nitrogens with one attached hydrogen (secondary N) is 1. The topological polar surface area (TPSA) is 75.6 Å². The van der Waals surface area contributed by atoms with E-state index in [2.05, 4.69) is 5.32 Å². The summed E-state index contributed by atoms with van der Waals surface area (Å²) in [5.74, 6) is -1.08. The summed E-state index contributed by atoms with van der Waals surface area (Å²) in [6, 6.07) is 10.3. The molecule has 2 N–H and O–H groups in total. The summed E-state index contributed by atoms with van der Waals surface area (Å²) in [6.07, 6.45) is 1.62. The third kappa shape index (κ3) is 4.15. The molecule has 5 nitrogen and oxygen atoms in total. The molecule has 1 atom stereocenters. The van der Waals surface area contributed by atoms with Crippen molar-refractivity contribution >= 4 is 11.9 Å². The van der Waals surface area contributed by atoms with Gasteiger partial charge in [-0.1, -0.05) is 18.2 Å². The van der Waals surface area contributed by atoms with Gasteiger partial charge in [0, 0.05) is 11.6 Å². The Kier molecular flexibility index (Phi) is 4.97. The number of benzene rings is 2. The molecule has 0 saturated carbocycles. The summed E-state index contributed by atoms with van der Waals surface area (Å²) in [5, 5.41) is 11.9. The van der Waals surface area contributed by atoms with Crippen molar-refractivity contribution in [3.63, 3.8) is 0 Å². The fraction of sp³-hybridized carbons (Fsp3) is 0.263. The summed E-state index contributed by atoms with van der Waals surface area (Å²) in [5.41, 5.74) is 1.68. The van der Waals surface area contributed by atoms with Gasteiger partial charge < -0.3 is 15.2 Å². The quantitative estimate of drug-likeness (QED) is 0.894. The molecule has 1 aliphatic heterocycles. The van der Waals surface area contributed by atoms with Crippen molar-refractivity contribution in [2.75, 3.05) is 6.61 Å². The highest BCUT2D eigenvalue weighted by molar-refractivity contribution is 5.87. The van der Waals surface area contributed by atoms with Gasteiger partial charge in [0.25, 0.3) is 0 Å². The molecule has 1 heterocycles. The van der Waals surface area contributed by atoms with Crippen LogP contribution in [0.25, 0.3) is 0 Å². The number of carbonyl (C=O) groups is 2. The summed E-state index contributed by atoms with van der Waals surface area (Å²) in [4.78, 5) is 23.2. The molecule has 6 heteroatoms. The van der Waals surface area contributed by atoms with E-state index in [1.807, 2.05) is 0 Å². The van der Waals surface area contributed by atoms with E-state index in [4.69, 9.17) is 9.84 Å². The first-order chi connectivity index (χ1) is 12.0. The van der Waals surface area contributed by atoms with Gasteiger partial charge in [0.1, 0.15) is 11.6 Å². The second-order valence-corrected chi connectivity index (χ2v) is 5.97. The second-order valence-electron chi connectivity index (χ2n) is 5.97. The van der Waals surface area contributed by atoms with E-state index in [1.54, 1.807) is 18.2 Å². The lowest BCUT2D eigenvalue weighted by molar-refractivity contribution is -0.121. The van der Waals surface area contributed by atoms with Crippen molar-refractivity contribution in [2.45, 2.75) is 25.3 Å². The number of carbonyl (C=O) groups excluding carboxylic acids is 1. The SMILES string of the molecule is O=C(Cc1ccc(C(=O)O)cc1)NC1CCCOc2cc(F)ccc21. The van der Waals surface area contributed by atoms with Crippen molar-refractivity contribution in [3.05, 3.63) is 65.0 Å². The van der Waals surface area contributed by atoms with Gasteiger partial charge in [-0.2, -0.15) is 0 Å². The van der Waals surface area contributed by atoms with Gasteiger partial charge in [-0.3, -0.25) is 4.79 Å². The Balaban J connectivity index is 1.69. The van der Waals surface area contributed by atoms with Gasteiger partial charge in [0.2, 0.25) is 5.91 Å². The Morgan fingerprint density at radius 2 is 1.96 bits per heavy atom. The minimum absolute atomic E-state index is 0.147. The van der Waals surface area contributed by atoms with E-state index < -0.39 is 5.97 Å². The van der Waals surface area contributed by atoms with Crippen molar-refractivity contribution in [3.8, 4) is 5.75 Å². The predicted molar refractivity (Wildman–Crippen MR) is 89.1 cm³/mol. The van der Waals surface area contributed by atoms with Crippen molar-refractivity contribution in [1.82, 2.24) is 5.32 Å². The Labute approximate surface area is 144 Å². The van der Waals surface area contributed by atoms with Gasteiger partial charge in [-0.05, 0) is 36.6 Å². The number of amides is 1. The maximum atomic E-state index is 13.4. The zero-order chi connectivity index (χ0) is 17.8. The lowest BCUT2D eigenvalue weighted by Crippen LogP contribution is -2.29. The zero-order valence-corrected chi connectivity index (χ0v) is 13.5. The van der Waals surface area contributed by atoms with Crippen LogP contribution in [0.1, 0.15) is 40.4 Å². The van der Waals surface area contributed by atoms with Crippen LogP contribution in [0.5, 0.6) is 5.75 Å². The van der Waals surface area contributed by atoms with Crippen molar-refractivity contribution in [1.29, 1.82) is 0 Å². The normalized spacial score (nSPS) is 16.3. The van der Waals surface area contributed by atoms with Gasteiger partial charge in [0.15, 0.2) is 0 Å². The highest BCUT2D eigenvalue weighted by Crippen LogP contribution is 2.32. The number of hydrogen-bond donors (Lipinski definition) is 2. The van der Waals surface area contributed by atoms with Gasteiger partial charge >= 0.3 is 5.97 Å². The third-order valence-electron chi connectivity index (χ3n) is 4.15. The smallest absolute Gasteiger partial charge is 0.335 e. The number of rotatable bonds is 4. The first kappa shape index (κ1) is 17.0. The van der Waals surface area contributed by atoms with Crippen molar-refractivity contribution in [2.24, 2.45) is 0 Å². The number of aromatic carboxylic acids is 1. The summed E-state index contributed by atoms with van der Waals surface area (Å²) < 4.78 is 18.9. The lowest BCUT2D eigenvalue weighted by atomic mass is 10.0. The van der Waals surface area contributed by atoms with Crippen molar-refractivity contribution < 1.29 is 23.8 Å². The van der Waals surface area contributed by atoms with Gasteiger partial charge in [0.05, 0.1) is 24.6 Å². The third-order valence-corrected chi connectivity index (χ3v) is 4.15. The minimum atomic E-state index is -1.00. The maximum absolute atomic E-state index is 13.4. The van der Waals surface area contributed by atoms with E-state index in [-0.39, 0.29) is 29.8 Å². The summed E-state index contributed by atoms with van der Waals surface area (Å²) in [6.45, 7) is 0.486. The molecule has 0 spiro atoms. The molecule has 1 amide bonds. The average Bonchev–Trinajstić information content (AvgIpc) is 2.77. The number of halogens is 1. The zero-order valence-electron chi connectivity index (χ0n) is 13.5. The lowest BCUT2D eigenvalue weighted by Gasteiger charge is -2.18.